The molecular weight excluding hydrogens is 411 g/mol. The molecule has 0 spiro atoms. The fraction of sp³-hybridized carbons (Fsp3) is 0.158. The summed E-state index contributed by atoms with van der Waals surface area (Å²) in [6, 6.07) is 15.8. The Labute approximate surface area is 172 Å². The van der Waals surface area contributed by atoms with Gasteiger partial charge in [0.2, 0.25) is 21.8 Å². The molecule has 2 aromatic carbocycles. The van der Waals surface area contributed by atoms with Crippen molar-refractivity contribution in [1.29, 1.82) is 0 Å². The number of rotatable bonds is 6. The maximum Gasteiger partial charge on any atom is 0.246 e. The van der Waals surface area contributed by atoms with Gasteiger partial charge >= 0.3 is 0 Å². The Bertz CT molecular complexity index is 820. The zero-order chi connectivity index (χ0) is 19.9. The van der Waals surface area contributed by atoms with Crippen LogP contribution in [0.5, 0.6) is 5.75 Å². The number of ether oxygens (including phenoxy) is 1. The van der Waals surface area contributed by atoms with Crippen molar-refractivity contribution in [3.63, 3.8) is 0 Å². The van der Waals surface area contributed by atoms with Crippen LogP contribution in [0.25, 0.3) is 6.08 Å². The Hall–Kier alpha value is -2.21. The minimum absolute atomic E-state index is 0.232. The fourth-order valence-electron chi connectivity index (χ4n) is 2.08. The lowest BCUT2D eigenvalue weighted by molar-refractivity contribution is -0.118. The van der Waals surface area contributed by atoms with Crippen molar-refractivity contribution in [3.8, 4) is 5.75 Å². The lowest BCUT2D eigenvalue weighted by atomic mass is 10.2. The number of amides is 2. The van der Waals surface area contributed by atoms with E-state index in [1.165, 1.54) is 13.0 Å². The van der Waals surface area contributed by atoms with Crippen LogP contribution < -0.4 is 15.4 Å². The average molecular weight is 428 g/mol. The number of hydrogen-bond acceptors (Lipinski definition) is 3. The summed E-state index contributed by atoms with van der Waals surface area (Å²) in [6.45, 7) is 1.39. The SMILES string of the molecule is CC(=O)Nc1cccc(OC(NC(=O)C=Cc2ccccc2)C(Cl)(Cl)Cl)c1. The van der Waals surface area contributed by atoms with Crippen LogP contribution in [0.4, 0.5) is 5.69 Å². The van der Waals surface area contributed by atoms with Crippen LogP contribution in [0.3, 0.4) is 0 Å². The molecular formula is C19H17Cl3N2O3. The number of alkyl halides is 3. The number of nitrogens with one attached hydrogen (secondary N) is 2. The van der Waals surface area contributed by atoms with E-state index in [-0.39, 0.29) is 5.91 Å². The number of hydrogen-bond donors (Lipinski definition) is 2. The van der Waals surface area contributed by atoms with E-state index in [0.717, 1.165) is 5.56 Å². The Balaban J connectivity index is 2.08. The molecule has 8 heteroatoms. The molecule has 27 heavy (non-hydrogen) atoms. The van der Waals surface area contributed by atoms with Crippen molar-refractivity contribution in [2.45, 2.75) is 16.9 Å². The van der Waals surface area contributed by atoms with Crippen molar-refractivity contribution in [2.75, 3.05) is 5.32 Å². The van der Waals surface area contributed by atoms with Gasteiger partial charge in [-0.2, -0.15) is 0 Å². The van der Waals surface area contributed by atoms with E-state index in [0.29, 0.717) is 11.4 Å². The van der Waals surface area contributed by atoms with Gasteiger partial charge in [0.25, 0.3) is 0 Å². The molecule has 0 saturated heterocycles. The van der Waals surface area contributed by atoms with Gasteiger partial charge in [0, 0.05) is 24.8 Å². The molecule has 1 atom stereocenters. The Morgan fingerprint density at radius 2 is 1.78 bits per heavy atom. The second-order valence-electron chi connectivity index (χ2n) is 5.50. The van der Waals surface area contributed by atoms with Crippen LogP contribution in [0.1, 0.15) is 12.5 Å². The smallest absolute Gasteiger partial charge is 0.246 e. The van der Waals surface area contributed by atoms with Gasteiger partial charge in [0.1, 0.15) is 5.75 Å². The van der Waals surface area contributed by atoms with Crippen LogP contribution >= 0.6 is 34.8 Å². The van der Waals surface area contributed by atoms with Crippen LogP contribution in [0, 0.1) is 0 Å². The summed E-state index contributed by atoms with van der Waals surface area (Å²) >= 11 is 17.8. The van der Waals surface area contributed by atoms with Gasteiger partial charge in [-0.05, 0) is 23.8 Å². The minimum Gasteiger partial charge on any atom is -0.466 e. The quantitative estimate of drug-likeness (QED) is 0.404. The summed E-state index contributed by atoms with van der Waals surface area (Å²) in [4.78, 5) is 23.3. The topological polar surface area (TPSA) is 67.4 Å². The van der Waals surface area contributed by atoms with Gasteiger partial charge in [-0.1, -0.05) is 71.2 Å². The number of benzene rings is 2. The van der Waals surface area contributed by atoms with E-state index < -0.39 is 15.9 Å². The molecule has 0 aliphatic rings. The Morgan fingerprint density at radius 3 is 2.41 bits per heavy atom. The summed E-state index contributed by atoms with van der Waals surface area (Å²) in [5.74, 6) is -0.414. The highest BCUT2D eigenvalue weighted by Crippen LogP contribution is 2.32. The van der Waals surface area contributed by atoms with Gasteiger partial charge in [-0.25, -0.2) is 0 Å². The lowest BCUT2D eigenvalue weighted by Gasteiger charge is -2.26. The fourth-order valence-corrected chi connectivity index (χ4v) is 2.38. The third kappa shape index (κ3) is 7.51. The molecule has 0 aliphatic heterocycles. The van der Waals surface area contributed by atoms with Crippen molar-refractivity contribution in [1.82, 2.24) is 5.32 Å². The maximum absolute atomic E-state index is 12.2. The summed E-state index contributed by atoms with van der Waals surface area (Å²) in [5.41, 5.74) is 1.36. The van der Waals surface area contributed by atoms with Gasteiger partial charge in [0.05, 0.1) is 0 Å². The first-order valence-corrected chi connectivity index (χ1v) is 9.02. The standard InChI is InChI=1S/C19H17Cl3N2O3/c1-13(25)23-15-8-5-9-16(12-15)27-18(19(20,21)22)24-17(26)11-10-14-6-3-2-4-7-14/h2-12,18H,1H3,(H,23,25)(H,24,26). The molecule has 142 valence electrons. The second kappa shape index (κ2) is 9.65. The highest BCUT2D eigenvalue weighted by Gasteiger charge is 2.36. The number of anilines is 1. The van der Waals surface area contributed by atoms with E-state index >= 15 is 0 Å². The van der Waals surface area contributed by atoms with Crippen LogP contribution in [-0.4, -0.2) is 21.8 Å². The van der Waals surface area contributed by atoms with Crippen LogP contribution in [0.15, 0.2) is 60.7 Å². The molecule has 0 aromatic heterocycles. The molecule has 1 unspecified atom stereocenters. The molecule has 2 rings (SSSR count). The third-order valence-corrected chi connectivity index (χ3v) is 3.80. The Kier molecular flexibility index (Phi) is 7.54. The molecule has 0 heterocycles. The van der Waals surface area contributed by atoms with Crippen molar-refractivity contribution in [3.05, 3.63) is 66.2 Å². The molecule has 2 aromatic rings. The van der Waals surface area contributed by atoms with Crippen molar-refractivity contribution < 1.29 is 14.3 Å². The van der Waals surface area contributed by atoms with E-state index in [9.17, 15) is 9.59 Å². The van der Waals surface area contributed by atoms with E-state index in [1.54, 1.807) is 30.3 Å². The van der Waals surface area contributed by atoms with Gasteiger partial charge in [-0.3, -0.25) is 9.59 Å². The van der Waals surface area contributed by atoms with Gasteiger partial charge in [-0.15, -0.1) is 0 Å². The predicted octanol–water partition coefficient (Wildman–Crippen LogP) is 4.55. The van der Waals surface area contributed by atoms with Gasteiger partial charge in [0.15, 0.2) is 0 Å². The highest BCUT2D eigenvalue weighted by atomic mass is 35.6. The number of carbonyl (C=O) groups is 2. The van der Waals surface area contributed by atoms with E-state index in [1.807, 2.05) is 30.3 Å². The highest BCUT2D eigenvalue weighted by molar-refractivity contribution is 6.68. The van der Waals surface area contributed by atoms with Crippen LogP contribution in [0.2, 0.25) is 0 Å². The molecule has 5 nitrogen and oxygen atoms in total. The second-order valence-corrected chi connectivity index (χ2v) is 7.87. The third-order valence-electron chi connectivity index (χ3n) is 3.21. The normalized spacial score (nSPS) is 12.4. The summed E-state index contributed by atoms with van der Waals surface area (Å²) in [6.07, 6.45) is 1.70. The van der Waals surface area contributed by atoms with E-state index in [2.05, 4.69) is 10.6 Å². The summed E-state index contributed by atoms with van der Waals surface area (Å²) in [7, 11) is 0. The van der Waals surface area contributed by atoms with Crippen molar-refractivity contribution >= 4 is 58.4 Å². The summed E-state index contributed by atoms with van der Waals surface area (Å²) in [5, 5.41) is 5.12. The molecule has 0 aliphatic carbocycles. The average Bonchev–Trinajstić information content (AvgIpc) is 2.59. The first-order chi connectivity index (χ1) is 12.7. The molecule has 0 radical (unpaired) electrons. The first-order valence-electron chi connectivity index (χ1n) is 7.89. The zero-order valence-corrected chi connectivity index (χ0v) is 16.6. The number of halogens is 3. The maximum atomic E-state index is 12.2. The van der Waals surface area contributed by atoms with Gasteiger partial charge < -0.3 is 15.4 Å². The first kappa shape index (κ1) is 21.1. The lowest BCUT2D eigenvalue weighted by Crippen LogP contribution is -2.47. The number of carbonyl (C=O) groups excluding carboxylic acids is 2. The minimum atomic E-state index is -1.92. The monoisotopic (exact) mass is 426 g/mol. The summed E-state index contributed by atoms with van der Waals surface area (Å²) < 4.78 is 3.69. The predicted molar refractivity (Wildman–Crippen MR) is 109 cm³/mol. The molecule has 0 bridgehead atoms. The Morgan fingerprint density at radius 1 is 1.07 bits per heavy atom. The van der Waals surface area contributed by atoms with E-state index in [4.69, 9.17) is 39.5 Å². The van der Waals surface area contributed by atoms with Crippen LogP contribution in [-0.2, 0) is 9.59 Å². The molecule has 0 saturated carbocycles. The largest absolute Gasteiger partial charge is 0.466 e. The zero-order valence-electron chi connectivity index (χ0n) is 14.3. The molecule has 2 N–H and O–H groups in total. The van der Waals surface area contributed by atoms with Crippen molar-refractivity contribution in [2.24, 2.45) is 0 Å². The molecule has 0 fully saturated rings. The molecule has 2 amide bonds.